The number of carbonyl (C=O) groups is 2. The second-order valence-corrected chi connectivity index (χ2v) is 5.83. The van der Waals surface area contributed by atoms with Crippen molar-refractivity contribution in [3.05, 3.63) is 33.1 Å². The first-order valence-corrected chi connectivity index (χ1v) is 6.80. The number of hydrogen-bond donors (Lipinski definition) is 1. The fourth-order valence-corrected chi connectivity index (χ4v) is 2.98. The molecule has 1 aromatic rings. The number of benzene rings is 1. The number of imide groups is 1. The lowest BCUT2D eigenvalue weighted by atomic mass is 10.2. The fourth-order valence-electron chi connectivity index (χ4n) is 1.55. The Kier molecular flexibility index (Phi) is 3.77. The largest absolute Gasteiger partial charge is 0.377 e. The van der Waals surface area contributed by atoms with Crippen LogP contribution >= 0.6 is 27.7 Å². The van der Waals surface area contributed by atoms with Crippen LogP contribution in [0.5, 0.6) is 0 Å². The number of anilines is 1. The highest BCUT2D eigenvalue weighted by Gasteiger charge is 2.24. The molecule has 0 unspecified atom stereocenters. The van der Waals surface area contributed by atoms with Crippen LogP contribution in [0.4, 0.5) is 10.5 Å². The third-order valence-electron chi connectivity index (χ3n) is 2.39. The highest BCUT2D eigenvalue weighted by Crippen LogP contribution is 2.29. The maximum Gasteiger partial charge on any atom is 0.290 e. The van der Waals surface area contributed by atoms with Crippen molar-refractivity contribution in [3.63, 3.8) is 0 Å². The van der Waals surface area contributed by atoms with E-state index in [9.17, 15) is 9.59 Å². The second-order valence-electron chi connectivity index (χ2n) is 3.96. The fraction of sp³-hybridized carbons (Fsp3) is 0.167. The smallest absolute Gasteiger partial charge is 0.290 e. The summed E-state index contributed by atoms with van der Waals surface area (Å²) in [4.78, 5) is 24.9. The third kappa shape index (κ3) is 2.76. The molecule has 0 radical (unpaired) electrons. The number of hydrogen-bond acceptors (Lipinski definition) is 4. The van der Waals surface area contributed by atoms with E-state index in [-0.39, 0.29) is 11.1 Å². The van der Waals surface area contributed by atoms with Gasteiger partial charge >= 0.3 is 0 Å². The molecule has 0 aliphatic carbocycles. The van der Waals surface area contributed by atoms with Crippen molar-refractivity contribution in [3.8, 4) is 0 Å². The minimum Gasteiger partial charge on any atom is -0.377 e. The molecule has 2 rings (SSSR count). The van der Waals surface area contributed by atoms with E-state index in [2.05, 4.69) is 21.2 Å². The molecule has 1 fully saturated rings. The molecule has 4 nitrogen and oxygen atoms in total. The van der Waals surface area contributed by atoms with Crippen LogP contribution in [0, 0.1) is 0 Å². The van der Waals surface area contributed by atoms with Crippen LogP contribution in [0.2, 0.25) is 0 Å². The Bertz CT molecular complexity index is 555. The first-order valence-electron chi connectivity index (χ1n) is 5.19. The molecule has 1 aliphatic rings. The Morgan fingerprint density at radius 3 is 2.56 bits per heavy atom. The monoisotopic (exact) mass is 326 g/mol. The summed E-state index contributed by atoms with van der Waals surface area (Å²) >= 11 is 4.40. The van der Waals surface area contributed by atoms with Gasteiger partial charge in [0, 0.05) is 18.6 Å². The van der Waals surface area contributed by atoms with Crippen LogP contribution in [0.15, 0.2) is 27.6 Å². The minimum absolute atomic E-state index is 0.324. The summed E-state index contributed by atoms with van der Waals surface area (Å²) in [6, 6.07) is 5.78. The van der Waals surface area contributed by atoms with E-state index in [0.717, 1.165) is 27.5 Å². The van der Waals surface area contributed by atoms with Crippen LogP contribution in [-0.4, -0.2) is 25.2 Å². The predicted octanol–water partition coefficient (Wildman–Crippen LogP) is 2.84. The molecule has 1 saturated heterocycles. The summed E-state index contributed by atoms with van der Waals surface area (Å²) in [5, 5.41) is 1.90. The lowest BCUT2D eigenvalue weighted by Crippen LogP contribution is -2.17. The van der Waals surface area contributed by atoms with Crippen LogP contribution in [0.25, 0.3) is 6.08 Å². The van der Waals surface area contributed by atoms with Crippen LogP contribution in [0.1, 0.15) is 5.56 Å². The molecular weight excluding hydrogens is 316 g/mol. The molecule has 0 saturated carbocycles. The van der Waals surface area contributed by atoms with Gasteiger partial charge in [-0.15, -0.1) is 0 Å². The van der Waals surface area contributed by atoms with E-state index in [1.165, 1.54) is 0 Å². The zero-order valence-electron chi connectivity index (χ0n) is 9.86. The zero-order chi connectivity index (χ0) is 13.3. The Morgan fingerprint density at radius 1 is 1.33 bits per heavy atom. The second kappa shape index (κ2) is 5.16. The number of halogens is 1. The maximum atomic E-state index is 11.4. The molecule has 1 aliphatic heterocycles. The Hall–Kier alpha value is -1.27. The van der Waals surface area contributed by atoms with Gasteiger partial charge in [-0.05, 0) is 51.5 Å². The average Bonchev–Trinajstić information content (AvgIpc) is 2.57. The quantitative estimate of drug-likeness (QED) is 0.849. The van der Waals surface area contributed by atoms with Gasteiger partial charge in [-0.1, -0.05) is 6.07 Å². The van der Waals surface area contributed by atoms with Crippen LogP contribution in [-0.2, 0) is 4.79 Å². The van der Waals surface area contributed by atoms with Gasteiger partial charge in [0.1, 0.15) is 0 Å². The highest BCUT2D eigenvalue weighted by atomic mass is 79.9. The van der Waals surface area contributed by atoms with Crippen molar-refractivity contribution in [2.75, 3.05) is 19.0 Å². The van der Waals surface area contributed by atoms with Gasteiger partial charge in [0.15, 0.2) is 0 Å². The first kappa shape index (κ1) is 13.2. The average molecular weight is 327 g/mol. The SMILES string of the molecule is CN(C)c1ccc(/C=C2\SC(=O)NC2=O)cc1Br. The van der Waals surface area contributed by atoms with Gasteiger partial charge in [0.25, 0.3) is 11.1 Å². The summed E-state index contributed by atoms with van der Waals surface area (Å²) < 4.78 is 0.941. The maximum absolute atomic E-state index is 11.4. The van der Waals surface area contributed by atoms with Gasteiger partial charge in [0.05, 0.1) is 10.6 Å². The molecule has 0 bridgehead atoms. The molecule has 94 valence electrons. The van der Waals surface area contributed by atoms with E-state index in [0.29, 0.717) is 4.91 Å². The zero-order valence-corrected chi connectivity index (χ0v) is 12.3. The predicted molar refractivity (Wildman–Crippen MR) is 77.6 cm³/mol. The van der Waals surface area contributed by atoms with Crippen molar-refractivity contribution < 1.29 is 9.59 Å². The van der Waals surface area contributed by atoms with Crippen molar-refractivity contribution >= 4 is 50.6 Å². The van der Waals surface area contributed by atoms with Crippen molar-refractivity contribution in [1.82, 2.24) is 5.32 Å². The summed E-state index contributed by atoms with van der Waals surface area (Å²) in [6.07, 6.45) is 1.70. The molecule has 2 amide bonds. The van der Waals surface area contributed by atoms with Gasteiger partial charge in [-0.2, -0.15) is 0 Å². The minimum atomic E-state index is -0.335. The molecule has 0 spiro atoms. The molecule has 18 heavy (non-hydrogen) atoms. The van der Waals surface area contributed by atoms with Crippen LogP contribution < -0.4 is 10.2 Å². The molecule has 0 atom stereocenters. The van der Waals surface area contributed by atoms with E-state index >= 15 is 0 Å². The van der Waals surface area contributed by atoms with E-state index in [4.69, 9.17) is 0 Å². The Morgan fingerprint density at radius 2 is 2.06 bits per heavy atom. The number of nitrogens with zero attached hydrogens (tertiary/aromatic N) is 1. The summed E-state index contributed by atoms with van der Waals surface area (Å²) in [5.74, 6) is -0.335. The normalized spacial score (nSPS) is 17.2. The summed E-state index contributed by atoms with van der Waals surface area (Å²) in [5.41, 5.74) is 1.93. The van der Waals surface area contributed by atoms with E-state index in [1.807, 2.05) is 37.2 Å². The van der Waals surface area contributed by atoms with Crippen LogP contribution in [0.3, 0.4) is 0 Å². The number of nitrogens with one attached hydrogen (secondary N) is 1. The number of carbonyl (C=O) groups excluding carboxylic acids is 2. The molecule has 1 heterocycles. The lowest BCUT2D eigenvalue weighted by molar-refractivity contribution is -0.115. The summed E-state index contributed by atoms with van der Waals surface area (Å²) in [6.45, 7) is 0. The van der Waals surface area contributed by atoms with Gasteiger partial charge in [-0.3, -0.25) is 14.9 Å². The Balaban J connectivity index is 2.31. The Labute approximate surface area is 118 Å². The van der Waals surface area contributed by atoms with Gasteiger partial charge in [0.2, 0.25) is 0 Å². The van der Waals surface area contributed by atoms with E-state index < -0.39 is 0 Å². The standard InChI is InChI=1S/C12H11BrN2O2S/c1-15(2)9-4-3-7(5-8(9)13)6-10-11(16)14-12(17)18-10/h3-6H,1-2H3,(H,14,16,17)/b10-6-. The first-order chi connectivity index (χ1) is 8.47. The molecule has 0 aromatic heterocycles. The van der Waals surface area contributed by atoms with Crippen molar-refractivity contribution in [2.45, 2.75) is 0 Å². The number of thioether (sulfide) groups is 1. The van der Waals surface area contributed by atoms with Gasteiger partial charge in [-0.25, -0.2) is 0 Å². The van der Waals surface area contributed by atoms with Crippen molar-refractivity contribution in [1.29, 1.82) is 0 Å². The topological polar surface area (TPSA) is 49.4 Å². The highest BCUT2D eigenvalue weighted by molar-refractivity contribution is 9.10. The molecule has 6 heteroatoms. The van der Waals surface area contributed by atoms with Crippen molar-refractivity contribution in [2.24, 2.45) is 0 Å². The number of rotatable bonds is 2. The summed E-state index contributed by atoms with van der Waals surface area (Å²) in [7, 11) is 3.91. The molecule has 1 N–H and O–H groups in total. The van der Waals surface area contributed by atoms with Gasteiger partial charge < -0.3 is 4.90 Å². The molecule has 1 aromatic carbocycles. The number of amides is 2. The lowest BCUT2D eigenvalue weighted by Gasteiger charge is -2.14. The third-order valence-corrected chi connectivity index (χ3v) is 3.84. The van der Waals surface area contributed by atoms with E-state index in [1.54, 1.807) is 6.08 Å². The molecular formula is C12H11BrN2O2S.